The number of carbonyl (C=O) groups is 1. The van der Waals surface area contributed by atoms with Crippen molar-refractivity contribution in [3.63, 3.8) is 0 Å². The van der Waals surface area contributed by atoms with Crippen molar-refractivity contribution >= 4 is 11.6 Å². The Morgan fingerprint density at radius 3 is 2.88 bits per heavy atom. The van der Waals surface area contributed by atoms with Crippen molar-refractivity contribution in [3.05, 3.63) is 53.1 Å². The number of hydrogen-bond donors (Lipinski definition) is 1. The Morgan fingerprint density at radius 1 is 1.38 bits per heavy atom. The fourth-order valence-corrected chi connectivity index (χ4v) is 3.00. The van der Waals surface area contributed by atoms with Gasteiger partial charge < -0.3 is 10.2 Å². The highest BCUT2D eigenvalue weighted by atomic mass is 19.1. The highest BCUT2D eigenvalue weighted by Gasteiger charge is 2.42. The predicted octanol–water partition coefficient (Wildman–Crippen LogP) is 2.73. The maximum absolute atomic E-state index is 13.4. The minimum atomic E-state index is -1.07. The van der Waals surface area contributed by atoms with Crippen molar-refractivity contribution in [3.8, 4) is 0 Å². The molecule has 1 N–H and O–H groups in total. The third kappa shape index (κ3) is 3.92. The molecule has 138 valence electrons. The molecule has 3 rings (SSSR count). The Labute approximate surface area is 152 Å². The van der Waals surface area contributed by atoms with Crippen LogP contribution in [0.15, 0.2) is 35.5 Å². The second kappa shape index (κ2) is 7.27. The van der Waals surface area contributed by atoms with Gasteiger partial charge in [-0.15, -0.1) is 0 Å². The average molecular weight is 358 g/mol. The number of oxime groups is 1. The van der Waals surface area contributed by atoms with Gasteiger partial charge in [-0.05, 0) is 45.4 Å². The minimum absolute atomic E-state index is 0.221. The highest BCUT2D eigenvalue weighted by Crippen LogP contribution is 2.27. The molecule has 7 heteroatoms. The van der Waals surface area contributed by atoms with Gasteiger partial charge in [-0.1, -0.05) is 17.3 Å². The van der Waals surface area contributed by atoms with Gasteiger partial charge >= 0.3 is 0 Å². The quantitative estimate of drug-likeness (QED) is 0.808. The molecule has 0 saturated carbocycles. The molecule has 1 aliphatic rings. The van der Waals surface area contributed by atoms with E-state index in [0.29, 0.717) is 24.2 Å². The lowest BCUT2D eigenvalue weighted by Crippen LogP contribution is -2.45. The average Bonchev–Trinajstić information content (AvgIpc) is 3.15. The first kappa shape index (κ1) is 18.1. The maximum atomic E-state index is 13.4. The smallest absolute Gasteiger partial charge is 0.267 e. The van der Waals surface area contributed by atoms with Gasteiger partial charge in [0, 0.05) is 30.8 Å². The Kier molecular flexibility index (Phi) is 5.06. The van der Waals surface area contributed by atoms with Crippen molar-refractivity contribution in [2.45, 2.75) is 45.8 Å². The molecule has 1 aromatic heterocycles. The molecule has 1 aromatic carbocycles. The van der Waals surface area contributed by atoms with Crippen molar-refractivity contribution in [1.82, 2.24) is 15.1 Å². The summed E-state index contributed by atoms with van der Waals surface area (Å²) in [5.41, 5.74) is 2.23. The van der Waals surface area contributed by atoms with E-state index in [9.17, 15) is 9.18 Å². The van der Waals surface area contributed by atoms with Gasteiger partial charge in [0.25, 0.3) is 5.91 Å². The van der Waals surface area contributed by atoms with Crippen LogP contribution in [-0.2, 0) is 16.2 Å². The van der Waals surface area contributed by atoms with E-state index in [1.54, 1.807) is 19.1 Å². The van der Waals surface area contributed by atoms with E-state index in [0.717, 1.165) is 24.4 Å². The summed E-state index contributed by atoms with van der Waals surface area (Å²) in [5.74, 6) is -0.562. The molecule has 1 atom stereocenters. The van der Waals surface area contributed by atoms with Gasteiger partial charge in [-0.2, -0.15) is 5.10 Å². The van der Waals surface area contributed by atoms with Crippen molar-refractivity contribution < 1.29 is 14.0 Å². The third-order valence-corrected chi connectivity index (χ3v) is 4.44. The molecule has 2 aromatic rings. The molecule has 6 nitrogen and oxygen atoms in total. The second-order valence-electron chi connectivity index (χ2n) is 6.81. The van der Waals surface area contributed by atoms with Crippen LogP contribution in [-0.4, -0.2) is 33.5 Å². The van der Waals surface area contributed by atoms with Gasteiger partial charge in [0.1, 0.15) is 5.82 Å². The van der Waals surface area contributed by atoms with Crippen LogP contribution in [0.1, 0.15) is 36.7 Å². The zero-order chi connectivity index (χ0) is 18.7. The molecule has 0 radical (unpaired) electrons. The van der Waals surface area contributed by atoms with E-state index < -0.39 is 5.60 Å². The monoisotopic (exact) mass is 358 g/mol. The van der Waals surface area contributed by atoms with Crippen LogP contribution in [0.4, 0.5) is 4.39 Å². The molecule has 0 spiro atoms. The second-order valence-corrected chi connectivity index (χ2v) is 6.81. The summed E-state index contributed by atoms with van der Waals surface area (Å²) in [5, 5.41) is 11.3. The zero-order valence-electron chi connectivity index (χ0n) is 15.3. The van der Waals surface area contributed by atoms with E-state index in [-0.39, 0.29) is 11.7 Å². The standard InChI is InChI=1S/C19H23FN4O2/c1-13-10-14(2)24(22-13)9-5-8-21-18(25)19(3)12-17(23-26-19)15-6-4-7-16(20)11-15/h4,6-7,10-11H,5,8-9,12H2,1-3H3,(H,21,25)/t19-/m0/s1. The van der Waals surface area contributed by atoms with E-state index in [1.165, 1.54) is 12.1 Å². The predicted molar refractivity (Wildman–Crippen MR) is 96.4 cm³/mol. The van der Waals surface area contributed by atoms with Crippen molar-refractivity contribution in [2.75, 3.05) is 6.54 Å². The molecule has 1 amide bonds. The van der Waals surface area contributed by atoms with E-state index in [4.69, 9.17) is 4.84 Å². The van der Waals surface area contributed by atoms with Crippen molar-refractivity contribution in [2.24, 2.45) is 5.16 Å². The molecular formula is C19H23FN4O2. The Hall–Kier alpha value is -2.70. The number of aromatic nitrogens is 2. The van der Waals surface area contributed by atoms with E-state index in [1.807, 2.05) is 24.6 Å². The molecule has 2 heterocycles. The fourth-order valence-electron chi connectivity index (χ4n) is 3.00. The molecule has 0 bridgehead atoms. The van der Waals surface area contributed by atoms with Crippen LogP contribution >= 0.6 is 0 Å². The first-order chi connectivity index (χ1) is 12.4. The molecule has 0 fully saturated rings. The molecule has 0 saturated heterocycles. The summed E-state index contributed by atoms with van der Waals surface area (Å²) < 4.78 is 15.3. The molecule has 26 heavy (non-hydrogen) atoms. The van der Waals surface area contributed by atoms with E-state index in [2.05, 4.69) is 15.6 Å². The van der Waals surface area contributed by atoms with Crippen LogP contribution < -0.4 is 5.32 Å². The number of nitrogens with zero attached hydrogens (tertiary/aromatic N) is 3. The lowest BCUT2D eigenvalue weighted by atomic mass is 9.95. The van der Waals surface area contributed by atoms with Gasteiger partial charge in [-0.3, -0.25) is 9.48 Å². The summed E-state index contributed by atoms with van der Waals surface area (Å²) in [6.07, 6.45) is 1.07. The Bertz CT molecular complexity index is 846. The summed E-state index contributed by atoms with van der Waals surface area (Å²) in [6, 6.07) is 8.15. The van der Waals surface area contributed by atoms with Crippen LogP contribution in [0.25, 0.3) is 0 Å². The van der Waals surface area contributed by atoms with Crippen molar-refractivity contribution in [1.29, 1.82) is 0 Å². The van der Waals surface area contributed by atoms with E-state index >= 15 is 0 Å². The SMILES string of the molecule is Cc1cc(C)n(CCCNC(=O)[C@]2(C)CC(c3cccc(F)c3)=NO2)n1. The normalized spacial score (nSPS) is 19.2. The number of carbonyl (C=O) groups excluding carboxylic acids is 1. The van der Waals surface area contributed by atoms with Gasteiger partial charge in [0.05, 0.1) is 11.4 Å². The summed E-state index contributed by atoms with van der Waals surface area (Å²) in [4.78, 5) is 17.9. The first-order valence-electron chi connectivity index (χ1n) is 8.68. The maximum Gasteiger partial charge on any atom is 0.267 e. The third-order valence-electron chi connectivity index (χ3n) is 4.44. The summed E-state index contributed by atoms with van der Waals surface area (Å²) in [7, 11) is 0. The van der Waals surface area contributed by atoms with Crippen LogP contribution in [0.2, 0.25) is 0 Å². The zero-order valence-corrected chi connectivity index (χ0v) is 15.3. The Balaban J connectivity index is 1.50. The number of halogens is 1. The number of amides is 1. The lowest BCUT2D eigenvalue weighted by Gasteiger charge is -2.20. The summed E-state index contributed by atoms with van der Waals surface area (Å²) in [6.45, 7) is 6.92. The number of hydrogen-bond acceptors (Lipinski definition) is 4. The lowest BCUT2D eigenvalue weighted by molar-refractivity contribution is -0.141. The fraction of sp³-hybridized carbons (Fsp3) is 0.421. The number of aryl methyl sites for hydroxylation is 3. The highest BCUT2D eigenvalue weighted by molar-refractivity contribution is 6.05. The topological polar surface area (TPSA) is 68.5 Å². The molecule has 0 unspecified atom stereocenters. The number of rotatable bonds is 6. The molecule has 0 aliphatic carbocycles. The number of benzene rings is 1. The van der Waals surface area contributed by atoms with Gasteiger partial charge in [-0.25, -0.2) is 4.39 Å². The van der Waals surface area contributed by atoms with Crippen LogP contribution in [0.5, 0.6) is 0 Å². The van der Waals surface area contributed by atoms with Gasteiger partial charge in [0.15, 0.2) is 0 Å². The largest absolute Gasteiger partial charge is 0.379 e. The van der Waals surface area contributed by atoms with Crippen LogP contribution in [0.3, 0.4) is 0 Å². The van der Waals surface area contributed by atoms with Crippen LogP contribution in [0, 0.1) is 19.7 Å². The Morgan fingerprint density at radius 2 is 2.19 bits per heavy atom. The molecular weight excluding hydrogens is 335 g/mol. The molecule has 1 aliphatic heterocycles. The first-order valence-corrected chi connectivity index (χ1v) is 8.68. The summed E-state index contributed by atoms with van der Waals surface area (Å²) >= 11 is 0. The number of nitrogens with one attached hydrogen (secondary N) is 1. The van der Waals surface area contributed by atoms with Gasteiger partial charge in [0.2, 0.25) is 5.60 Å². The minimum Gasteiger partial charge on any atom is -0.379 e.